The van der Waals surface area contributed by atoms with Crippen molar-refractivity contribution in [1.82, 2.24) is 0 Å². The van der Waals surface area contributed by atoms with Gasteiger partial charge >= 0.3 is 0 Å². The minimum Gasteiger partial charge on any atom is -0.454 e. The molecule has 0 aliphatic rings. The number of para-hydroxylation sites is 2. The second kappa shape index (κ2) is 4.67. The zero-order chi connectivity index (χ0) is 14.2. The summed E-state index contributed by atoms with van der Waals surface area (Å²) in [6.07, 6.45) is 0. The second-order valence-electron chi connectivity index (χ2n) is 5.27. The van der Waals surface area contributed by atoms with Gasteiger partial charge in [0.25, 0.3) is 0 Å². The van der Waals surface area contributed by atoms with Crippen LogP contribution in [-0.4, -0.2) is 0 Å². The lowest BCUT2D eigenvalue weighted by Crippen LogP contribution is -1.90. The normalized spacial score (nSPS) is 11.1. The molecule has 0 atom stereocenters. The van der Waals surface area contributed by atoms with E-state index in [1.165, 1.54) is 5.56 Å². The number of nitrogens with one attached hydrogen (secondary N) is 1. The molecule has 1 aromatic heterocycles. The Bertz CT molecular complexity index is 919. The van der Waals surface area contributed by atoms with E-state index in [-0.39, 0.29) is 0 Å². The van der Waals surface area contributed by atoms with Crippen LogP contribution in [0.5, 0.6) is 0 Å². The lowest BCUT2D eigenvalue weighted by molar-refractivity contribution is 0.670. The van der Waals surface area contributed by atoms with Crippen LogP contribution in [0.15, 0.2) is 71.1 Å². The van der Waals surface area contributed by atoms with Crippen LogP contribution < -0.4 is 5.32 Å². The third kappa shape index (κ3) is 2.05. The zero-order valence-electron chi connectivity index (χ0n) is 11.8. The quantitative estimate of drug-likeness (QED) is 0.511. The SMILES string of the molecule is Cc1ccc(Nc2cccc3c2oc2ccccc23)cc1. The van der Waals surface area contributed by atoms with Gasteiger partial charge in [0, 0.05) is 16.5 Å². The van der Waals surface area contributed by atoms with Crippen LogP contribution >= 0.6 is 0 Å². The molecule has 2 heteroatoms. The smallest absolute Gasteiger partial charge is 0.158 e. The summed E-state index contributed by atoms with van der Waals surface area (Å²) in [7, 11) is 0. The number of aryl methyl sites for hydroxylation is 1. The largest absolute Gasteiger partial charge is 0.454 e. The van der Waals surface area contributed by atoms with Crippen LogP contribution in [0.2, 0.25) is 0 Å². The minimum atomic E-state index is 0.902. The third-order valence-corrected chi connectivity index (χ3v) is 3.73. The van der Waals surface area contributed by atoms with Crippen molar-refractivity contribution < 1.29 is 4.42 Å². The summed E-state index contributed by atoms with van der Waals surface area (Å²) < 4.78 is 6.02. The molecule has 1 heterocycles. The summed E-state index contributed by atoms with van der Waals surface area (Å²) in [5, 5.41) is 5.74. The average Bonchev–Trinajstić information content (AvgIpc) is 2.89. The van der Waals surface area contributed by atoms with E-state index in [0.717, 1.165) is 33.3 Å². The van der Waals surface area contributed by atoms with Crippen LogP contribution in [-0.2, 0) is 0 Å². The molecule has 0 fully saturated rings. The van der Waals surface area contributed by atoms with E-state index in [1.54, 1.807) is 0 Å². The van der Waals surface area contributed by atoms with Crippen LogP contribution in [0.1, 0.15) is 5.56 Å². The number of fused-ring (bicyclic) bond motifs is 3. The van der Waals surface area contributed by atoms with Gasteiger partial charge in [-0.1, -0.05) is 48.0 Å². The van der Waals surface area contributed by atoms with Crippen molar-refractivity contribution in [2.75, 3.05) is 5.32 Å². The van der Waals surface area contributed by atoms with E-state index >= 15 is 0 Å². The van der Waals surface area contributed by atoms with E-state index in [9.17, 15) is 0 Å². The number of hydrogen-bond acceptors (Lipinski definition) is 2. The highest BCUT2D eigenvalue weighted by Gasteiger charge is 2.09. The fourth-order valence-corrected chi connectivity index (χ4v) is 2.64. The van der Waals surface area contributed by atoms with Gasteiger partial charge in [-0.3, -0.25) is 0 Å². The average molecular weight is 273 g/mol. The summed E-state index contributed by atoms with van der Waals surface area (Å²) >= 11 is 0. The number of anilines is 2. The summed E-state index contributed by atoms with van der Waals surface area (Å²) in [6.45, 7) is 2.09. The standard InChI is InChI=1S/C19H15NO/c1-13-9-11-14(12-10-13)20-17-7-4-6-16-15-5-2-3-8-18(15)21-19(16)17/h2-12,20H,1H3. The molecule has 0 aliphatic carbocycles. The van der Waals surface area contributed by atoms with Crippen LogP contribution in [0.3, 0.4) is 0 Å². The molecule has 3 aromatic carbocycles. The fourth-order valence-electron chi connectivity index (χ4n) is 2.64. The maximum atomic E-state index is 6.02. The first-order chi connectivity index (χ1) is 10.3. The molecule has 0 radical (unpaired) electrons. The van der Waals surface area contributed by atoms with Gasteiger partial charge in [-0.25, -0.2) is 0 Å². The van der Waals surface area contributed by atoms with Crippen LogP contribution in [0, 0.1) is 6.92 Å². The van der Waals surface area contributed by atoms with Gasteiger partial charge < -0.3 is 9.73 Å². The van der Waals surface area contributed by atoms with Crippen molar-refractivity contribution in [2.24, 2.45) is 0 Å². The molecular formula is C19H15NO. The van der Waals surface area contributed by atoms with Crippen molar-refractivity contribution in [2.45, 2.75) is 6.92 Å². The predicted octanol–water partition coefficient (Wildman–Crippen LogP) is 5.64. The first kappa shape index (κ1) is 12.0. The summed E-state index contributed by atoms with van der Waals surface area (Å²) in [5.41, 5.74) is 5.13. The Balaban J connectivity index is 1.86. The molecule has 2 nitrogen and oxygen atoms in total. The van der Waals surface area contributed by atoms with Crippen LogP contribution in [0.4, 0.5) is 11.4 Å². The van der Waals surface area contributed by atoms with Gasteiger partial charge in [0.2, 0.25) is 0 Å². The van der Waals surface area contributed by atoms with E-state index in [4.69, 9.17) is 4.42 Å². The Kier molecular flexibility index (Phi) is 2.68. The Morgan fingerprint density at radius 3 is 2.38 bits per heavy atom. The Labute approximate surface area is 123 Å². The number of hydrogen-bond donors (Lipinski definition) is 1. The third-order valence-electron chi connectivity index (χ3n) is 3.73. The lowest BCUT2D eigenvalue weighted by atomic mass is 10.1. The fraction of sp³-hybridized carbons (Fsp3) is 0.0526. The maximum Gasteiger partial charge on any atom is 0.158 e. The summed E-state index contributed by atoms with van der Waals surface area (Å²) in [4.78, 5) is 0. The molecule has 4 rings (SSSR count). The van der Waals surface area contributed by atoms with Crippen molar-refractivity contribution >= 4 is 33.3 Å². The zero-order valence-corrected chi connectivity index (χ0v) is 11.8. The van der Waals surface area contributed by atoms with Gasteiger partial charge in [-0.05, 0) is 31.2 Å². The van der Waals surface area contributed by atoms with Crippen molar-refractivity contribution in [1.29, 1.82) is 0 Å². The van der Waals surface area contributed by atoms with E-state index < -0.39 is 0 Å². The number of benzene rings is 3. The first-order valence-corrected chi connectivity index (χ1v) is 7.05. The summed E-state index contributed by atoms with van der Waals surface area (Å²) in [6, 6.07) is 22.7. The predicted molar refractivity (Wildman–Crippen MR) is 88.2 cm³/mol. The molecule has 0 amide bonds. The monoisotopic (exact) mass is 273 g/mol. The van der Waals surface area contributed by atoms with Crippen molar-refractivity contribution in [3.8, 4) is 0 Å². The molecule has 0 unspecified atom stereocenters. The number of furan rings is 1. The Morgan fingerprint density at radius 1 is 0.762 bits per heavy atom. The topological polar surface area (TPSA) is 25.2 Å². The van der Waals surface area contributed by atoms with E-state index in [1.807, 2.05) is 24.3 Å². The highest BCUT2D eigenvalue weighted by Crippen LogP contribution is 2.34. The van der Waals surface area contributed by atoms with Gasteiger partial charge in [0.05, 0.1) is 5.69 Å². The van der Waals surface area contributed by atoms with Gasteiger partial charge in [-0.15, -0.1) is 0 Å². The first-order valence-electron chi connectivity index (χ1n) is 7.05. The highest BCUT2D eigenvalue weighted by molar-refractivity contribution is 6.09. The van der Waals surface area contributed by atoms with Crippen molar-refractivity contribution in [3.63, 3.8) is 0 Å². The molecule has 102 valence electrons. The molecule has 1 N–H and O–H groups in total. The Hall–Kier alpha value is -2.74. The molecule has 21 heavy (non-hydrogen) atoms. The highest BCUT2D eigenvalue weighted by atomic mass is 16.3. The number of rotatable bonds is 2. The molecule has 0 spiro atoms. The molecule has 0 aliphatic heterocycles. The van der Waals surface area contributed by atoms with Gasteiger partial charge in [0.1, 0.15) is 5.58 Å². The van der Waals surface area contributed by atoms with Crippen LogP contribution in [0.25, 0.3) is 21.9 Å². The minimum absolute atomic E-state index is 0.902. The summed E-state index contributed by atoms with van der Waals surface area (Å²) in [5.74, 6) is 0. The maximum absolute atomic E-state index is 6.02. The molecule has 0 bridgehead atoms. The van der Waals surface area contributed by atoms with Gasteiger partial charge in [0.15, 0.2) is 5.58 Å². The van der Waals surface area contributed by atoms with E-state index in [0.29, 0.717) is 0 Å². The second-order valence-corrected chi connectivity index (χ2v) is 5.27. The van der Waals surface area contributed by atoms with Crippen molar-refractivity contribution in [3.05, 3.63) is 72.3 Å². The molecule has 0 saturated carbocycles. The molecular weight excluding hydrogens is 258 g/mol. The molecule has 0 saturated heterocycles. The molecule has 4 aromatic rings. The van der Waals surface area contributed by atoms with E-state index in [2.05, 4.69) is 54.7 Å². The lowest BCUT2D eigenvalue weighted by Gasteiger charge is -2.07. The Morgan fingerprint density at radius 2 is 1.52 bits per heavy atom. The van der Waals surface area contributed by atoms with Gasteiger partial charge in [-0.2, -0.15) is 0 Å².